The van der Waals surface area contributed by atoms with Crippen molar-refractivity contribution in [2.45, 2.75) is 17.9 Å². The molecule has 2 heterocycles. The van der Waals surface area contributed by atoms with Crippen molar-refractivity contribution in [3.05, 3.63) is 52.1 Å². The van der Waals surface area contributed by atoms with E-state index in [2.05, 4.69) is 10.3 Å². The van der Waals surface area contributed by atoms with Crippen LogP contribution >= 0.6 is 12.4 Å². The van der Waals surface area contributed by atoms with Crippen LogP contribution in [-0.2, 0) is 17.1 Å². The van der Waals surface area contributed by atoms with Crippen LogP contribution < -0.4 is 5.32 Å². The van der Waals surface area contributed by atoms with Crippen molar-refractivity contribution >= 4 is 28.1 Å². The standard InChI is InChI=1S/C15H19N5O4S.ClH/c1-11-4-3-5-12(20(21)22)14(11)25(23,24)19-9-6-16-10-13(19)15-17-7-8-18(15)2;/h3-5,7-8,13,16H,6,9-10H2,1-2H3;1H. The number of sulfonamides is 1. The summed E-state index contributed by atoms with van der Waals surface area (Å²) >= 11 is 0. The maximum atomic E-state index is 13.3. The van der Waals surface area contributed by atoms with Gasteiger partial charge in [0, 0.05) is 45.1 Å². The Morgan fingerprint density at radius 3 is 2.73 bits per heavy atom. The smallest absolute Gasteiger partial charge is 0.289 e. The average molecular weight is 402 g/mol. The highest BCUT2D eigenvalue weighted by Crippen LogP contribution is 2.34. The van der Waals surface area contributed by atoms with Crippen LogP contribution in [0, 0.1) is 17.0 Å². The largest absolute Gasteiger partial charge is 0.337 e. The van der Waals surface area contributed by atoms with Crippen LogP contribution in [0.1, 0.15) is 17.4 Å². The SMILES string of the molecule is Cc1cccc([N+](=O)[O-])c1S(=O)(=O)N1CCNCC1c1nccn1C.Cl. The third kappa shape index (κ3) is 3.45. The molecule has 2 aromatic rings. The fraction of sp³-hybridized carbons (Fsp3) is 0.400. The summed E-state index contributed by atoms with van der Waals surface area (Å²) in [6.07, 6.45) is 3.34. The summed E-state index contributed by atoms with van der Waals surface area (Å²) in [5.74, 6) is 0.590. The highest BCUT2D eigenvalue weighted by molar-refractivity contribution is 7.89. The van der Waals surface area contributed by atoms with Gasteiger partial charge in [0.2, 0.25) is 0 Å². The van der Waals surface area contributed by atoms with Gasteiger partial charge in [-0.15, -0.1) is 12.4 Å². The second-order valence-electron chi connectivity index (χ2n) is 5.91. The zero-order valence-corrected chi connectivity index (χ0v) is 16.0. The van der Waals surface area contributed by atoms with Gasteiger partial charge in [-0.25, -0.2) is 13.4 Å². The number of imidazole rings is 1. The maximum Gasteiger partial charge on any atom is 0.289 e. The number of halogens is 1. The van der Waals surface area contributed by atoms with Gasteiger partial charge < -0.3 is 9.88 Å². The lowest BCUT2D eigenvalue weighted by atomic mass is 10.2. The molecule has 9 nitrogen and oxygen atoms in total. The van der Waals surface area contributed by atoms with E-state index in [-0.39, 0.29) is 23.8 Å². The molecule has 1 aliphatic heterocycles. The van der Waals surface area contributed by atoms with Crippen LogP contribution in [0.15, 0.2) is 35.5 Å². The number of aryl methyl sites for hydroxylation is 2. The summed E-state index contributed by atoms with van der Waals surface area (Å²) in [7, 11) is -2.27. The molecule has 1 unspecified atom stereocenters. The number of nitro groups is 1. The molecule has 1 saturated heterocycles. The Kier molecular flexibility index (Phi) is 6.02. The zero-order chi connectivity index (χ0) is 18.2. The first-order valence-electron chi connectivity index (χ1n) is 7.78. The second-order valence-corrected chi connectivity index (χ2v) is 7.74. The highest BCUT2D eigenvalue weighted by Gasteiger charge is 2.40. The first-order valence-corrected chi connectivity index (χ1v) is 9.22. The molecule has 0 radical (unpaired) electrons. The van der Waals surface area contributed by atoms with Gasteiger partial charge in [-0.1, -0.05) is 12.1 Å². The van der Waals surface area contributed by atoms with Crippen molar-refractivity contribution in [2.24, 2.45) is 7.05 Å². The number of nitrogens with zero attached hydrogens (tertiary/aromatic N) is 4. The lowest BCUT2D eigenvalue weighted by molar-refractivity contribution is -0.387. The fourth-order valence-electron chi connectivity index (χ4n) is 3.13. The molecule has 0 spiro atoms. The minimum absolute atomic E-state index is 0. The molecule has 11 heteroatoms. The van der Waals surface area contributed by atoms with Crippen molar-refractivity contribution < 1.29 is 13.3 Å². The third-order valence-electron chi connectivity index (χ3n) is 4.31. The summed E-state index contributed by atoms with van der Waals surface area (Å²) in [5.41, 5.74) is -0.0524. The van der Waals surface area contributed by atoms with Crippen LogP contribution in [0.2, 0.25) is 0 Å². The Balaban J connectivity index is 0.00000243. The molecule has 0 saturated carbocycles. The topological polar surface area (TPSA) is 110 Å². The summed E-state index contributed by atoms with van der Waals surface area (Å²) in [4.78, 5) is 14.7. The normalized spacial score (nSPS) is 18.3. The molecular formula is C15H20ClN5O4S. The molecule has 1 aromatic carbocycles. The van der Waals surface area contributed by atoms with Crippen molar-refractivity contribution in [3.8, 4) is 0 Å². The minimum atomic E-state index is -4.06. The van der Waals surface area contributed by atoms with E-state index < -0.39 is 26.7 Å². The van der Waals surface area contributed by atoms with E-state index in [4.69, 9.17) is 0 Å². The number of aromatic nitrogens is 2. The number of piperazine rings is 1. The molecule has 0 aliphatic carbocycles. The Hall–Kier alpha value is -2.01. The Labute approximate surface area is 157 Å². The molecule has 1 atom stereocenters. The predicted molar refractivity (Wildman–Crippen MR) is 97.8 cm³/mol. The van der Waals surface area contributed by atoms with Crippen LogP contribution in [0.25, 0.3) is 0 Å². The third-order valence-corrected chi connectivity index (χ3v) is 6.41. The molecule has 1 fully saturated rings. The van der Waals surface area contributed by atoms with Gasteiger partial charge in [-0.05, 0) is 12.5 Å². The summed E-state index contributed by atoms with van der Waals surface area (Å²) in [6.45, 7) is 2.65. The molecule has 3 rings (SSSR count). The van der Waals surface area contributed by atoms with Crippen molar-refractivity contribution in [3.63, 3.8) is 0 Å². The predicted octanol–water partition coefficient (Wildman–Crippen LogP) is 1.39. The minimum Gasteiger partial charge on any atom is -0.337 e. The second kappa shape index (κ2) is 7.70. The number of hydrogen-bond acceptors (Lipinski definition) is 6. The van der Waals surface area contributed by atoms with Gasteiger partial charge in [0.05, 0.1) is 11.0 Å². The number of benzene rings is 1. The van der Waals surface area contributed by atoms with Crippen LogP contribution in [-0.4, -0.2) is 46.8 Å². The number of hydrogen-bond donors (Lipinski definition) is 1. The number of nitrogens with one attached hydrogen (secondary N) is 1. The van der Waals surface area contributed by atoms with E-state index >= 15 is 0 Å². The lowest BCUT2D eigenvalue weighted by Gasteiger charge is -2.34. The Morgan fingerprint density at radius 1 is 1.38 bits per heavy atom. The van der Waals surface area contributed by atoms with Crippen molar-refractivity contribution in [1.82, 2.24) is 19.2 Å². The van der Waals surface area contributed by atoms with Gasteiger partial charge in [0.1, 0.15) is 5.82 Å². The summed E-state index contributed by atoms with van der Waals surface area (Å²) in [6, 6.07) is 3.74. The van der Waals surface area contributed by atoms with Crippen LogP contribution in [0.3, 0.4) is 0 Å². The van der Waals surface area contributed by atoms with Crippen molar-refractivity contribution in [1.29, 1.82) is 0 Å². The summed E-state index contributed by atoms with van der Waals surface area (Å²) in [5, 5.41) is 14.5. The Morgan fingerprint density at radius 2 is 2.12 bits per heavy atom. The van der Waals surface area contributed by atoms with Gasteiger partial charge >= 0.3 is 0 Å². The highest BCUT2D eigenvalue weighted by atomic mass is 35.5. The molecule has 26 heavy (non-hydrogen) atoms. The molecule has 1 N–H and O–H groups in total. The quantitative estimate of drug-likeness (QED) is 0.612. The lowest BCUT2D eigenvalue weighted by Crippen LogP contribution is -2.49. The van der Waals surface area contributed by atoms with E-state index in [9.17, 15) is 18.5 Å². The summed E-state index contributed by atoms with van der Waals surface area (Å²) < 4.78 is 29.7. The van der Waals surface area contributed by atoms with Crippen LogP contribution in [0.4, 0.5) is 5.69 Å². The first-order chi connectivity index (χ1) is 11.8. The van der Waals surface area contributed by atoms with Crippen LogP contribution in [0.5, 0.6) is 0 Å². The van der Waals surface area contributed by atoms with E-state index in [1.807, 2.05) is 0 Å². The monoisotopic (exact) mass is 401 g/mol. The van der Waals surface area contributed by atoms with E-state index in [0.717, 1.165) is 0 Å². The molecular weight excluding hydrogens is 382 g/mol. The Bertz CT molecular complexity index is 915. The molecule has 1 aromatic heterocycles. The fourth-order valence-corrected chi connectivity index (χ4v) is 5.08. The zero-order valence-electron chi connectivity index (χ0n) is 14.3. The van der Waals surface area contributed by atoms with E-state index in [0.29, 0.717) is 24.5 Å². The van der Waals surface area contributed by atoms with Gasteiger partial charge in [0.15, 0.2) is 4.90 Å². The first kappa shape index (κ1) is 20.3. The molecule has 0 amide bonds. The van der Waals surface area contributed by atoms with E-state index in [1.165, 1.54) is 16.4 Å². The van der Waals surface area contributed by atoms with Gasteiger partial charge in [-0.2, -0.15) is 4.31 Å². The molecule has 142 valence electrons. The van der Waals surface area contributed by atoms with Crippen molar-refractivity contribution in [2.75, 3.05) is 19.6 Å². The number of nitro benzene ring substituents is 1. The molecule has 0 bridgehead atoms. The van der Waals surface area contributed by atoms with Gasteiger partial charge in [-0.3, -0.25) is 10.1 Å². The number of rotatable bonds is 4. The average Bonchev–Trinajstić information content (AvgIpc) is 3.00. The molecule has 1 aliphatic rings. The maximum absolute atomic E-state index is 13.3. The van der Waals surface area contributed by atoms with E-state index in [1.54, 1.807) is 37.0 Å². The van der Waals surface area contributed by atoms with Gasteiger partial charge in [0.25, 0.3) is 15.7 Å².